The molecule has 0 saturated carbocycles. The summed E-state index contributed by atoms with van der Waals surface area (Å²) in [6, 6.07) is 1.51. The maximum Gasteiger partial charge on any atom is 0.423 e. The molecule has 1 rings (SSSR count). The predicted molar refractivity (Wildman–Crippen MR) is 107 cm³/mol. The Balaban J connectivity index is 2.81. The molecule has 1 unspecified atom stereocenters. The molecule has 1 aromatic rings. The number of aromatic nitrogens is 1. The number of rotatable bonds is 10. The fraction of sp³-hybridized carbons (Fsp3) is 0.650. The first-order valence-electron chi connectivity index (χ1n) is 10.1. The number of amides is 2. The van der Waals surface area contributed by atoms with Crippen molar-refractivity contribution in [2.45, 2.75) is 69.8 Å². The molecule has 0 radical (unpaired) electrons. The zero-order valence-corrected chi connectivity index (χ0v) is 18.7. The first-order chi connectivity index (χ1) is 15.5. The third-order valence-corrected chi connectivity index (χ3v) is 4.09. The van der Waals surface area contributed by atoms with Crippen molar-refractivity contribution in [1.82, 2.24) is 15.6 Å². The molecule has 1 heterocycles. The molecule has 8 nitrogen and oxygen atoms in total. The smallest absolute Gasteiger partial charge is 0.423 e. The molecular formula is C20H27F6N3O5. The topological polar surface area (TPSA) is 110 Å². The molecule has 0 aliphatic carbocycles. The van der Waals surface area contributed by atoms with Crippen molar-refractivity contribution in [2.24, 2.45) is 0 Å². The molecule has 0 bridgehead atoms. The van der Waals surface area contributed by atoms with E-state index in [1.54, 1.807) is 20.8 Å². The number of ether oxygens (including phenoxy) is 2. The summed E-state index contributed by atoms with van der Waals surface area (Å²) in [5.74, 6) is -0.763. The van der Waals surface area contributed by atoms with Crippen LogP contribution in [0, 0.1) is 0 Å². The Labute approximate surface area is 192 Å². The highest BCUT2D eigenvalue weighted by atomic mass is 19.4. The number of nitrogens with zero attached hydrogens (tertiary/aromatic N) is 1. The van der Waals surface area contributed by atoms with E-state index in [2.05, 4.69) is 20.4 Å². The number of aliphatic hydroxyl groups is 1. The summed E-state index contributed by atoms with van der Waals surface area (Å²) in [7, 11) is 0. The van der Waals surface area contributed by atoms with E-state index in [-0.39, 0.29) is 24.9 Å². The van der Waals surface area contributed by atoms with Crippen LogP contribution in [0.25, 0.3) is 0 Å². The summed E-state index contributed by atoms with van der Waals surface area (Å²) < 4.78 is 85.1. The van der Waals surface area contributed by atoms with Gasteiger partial charge in [0.05, 0.1) is 24.3 Å². The van der Waals surface area contributed by atoms with Crippen molar-refractivity contribution in [3.8, 4) is 0 Å². The van der Waals surface area contributed by atoms with Crippen molar-refractivity contribution >= 4 is 12.0 Å². The molecule has 3 N–H and O–H groups in total. The van der Waals surface area contributed by atoms with E-state index in [9.17, 15) is 41.0 Å². The molecule has 2 atom stereocenters. The Bertz CT molecular complexity index is 770. The summed E-state index contributed by atoms with van der Waals surface area (Å²) >= 11 is 0. The summed E-state index contributed by atoms with van der Waals surface area (Å²) in [5.41, 5.74) is -0.707. The maximum absolute atomic E-state index is 12.7. The second kappa shape index (κ2) is 12.2. The average molecular weight is 503 g/mol. The van der Waals surface area contributed by atoms with Crippen LogP contribution in [0.2, 0.25) is 0 Å². The van der Waals surface area contributed by atoms with Gasteiger partial charge in [-0.1, -0.05) is 0 Å². The minimum absolute atomic E-state index is 0.00448. The van der Waals surface area contributed by atoms with Crippen molar-refractivity contribution in [3.05, 3.63) is 30.1 Å². The van der Waals surface area contributed by atoms with Crippen LogP contribution in [0.3, 0.4) is 0 Å². The van der Waals surface area contributed by atoms with Gasteiger partial charge < -0.3 is 25.2 Å². The molecule has 0 aromatic carbocycles. The summed E-state index contributed by atoms with van der Waals surface area (Å²) in [4.78, 5) is 27.8. The van der Waals surface area contributed by atoms with Gasteiger partial charge in [0.1, 0.15) is 5.60 Å². The Morgan fingerprint density at radius 1 is 1.12 bits per heavy atom. The van der Waals surface area contributed by atoms with Crippen LogP contribution >= 0.6 is 0 Å². The molecule has 0 spiro atoms. The lowest BCUT2D eigenvalue weighted by Gasteiger charge is -2.28. The predicted octanol–water partition coefficient (Wildman–Crippen LogP) is 3.36. The number of hydrogen-bond donors (Lipinski definition) is 3. The van der Waals surface area contributed by atoms with E-state index in [0.717, 1.165) is 0 Å². The van der Waals surface area contributed by atoms with E-state index >= 15 is 0 Å². The monoisotopic (exact) mass is 503 g/mol. The van der Waals surface area contributed by atoms with E-state index in [1.165, 1.54) is 24.5 Å². The van der Waals surface area contributed by atoms with Gasteiger partial charge in [0.15, 0.2) is 0 Å². The van der Waals surface area contributed by atoms with Crippen LogP contribution in [0.4, 0.5) is 31.1 Å². The Hall–Kier alpha value is -2.61. The first kappa shape index (κ1) is 29.4. The minimum atomic E-state index is -5.75. The molecule has 34 heavy (non-hydrogen) atoms. The highest BCUT2D eigenvalue weighted by Crippen LogP contribution is 2.35. The number of pyridine rings is 1. The molecule has 0 aliphatic heterocycles. The lowest BCUT2D eigenvalue weighted by molar-refractivity contribution is -0.325. The maximum atomic E-state index is 12.7. The third-order valence-electron chi connectivity index (χ3n) is 4.09. The minimum Gasteiger partial charge on any atom is -0.444 e. The molecule has 1 aromatic heterocycles. The number of aliphatic hydroxyl groups excluding tert-OH is 1. The van der Waals surface area contributed by atoms with E-state index in [0.29, 0.717) is 0 Å². The largest absolute Gasteiger partial charge is 0.444 e. The summed E-state index contributed by atoms with van der Waals surface area (Å²) in [6.07, 6.45) is -15.7. The highest BCUT2D eigenvalue weighted by Gasteiger charge is 2.58. The number of halogens is 6. The molecule has 0 saturated heterocycles. The van der Waals surface area contributed by atoms with E-state index in [1.807, 2.05) is 0 Å². The Kier molecular flexibility index (Phi) is 10.6. The van der Waals surface area contributed by atoms with Gasteiger partial charge in [0, 0.05) is 18.9 Å². The zero-order valence-electron chi connectivity index (χ0n) is 18.7. The fourth-order valence-electron chi connectivity index (χ4n) is 2.62. The molecule has 0 aliphatic rings. The van der Waals surface area contributed by atoms with Gasteiger partial charge >= 0.3 is 18.4 Å². The standard InChI is InChI=1S/C20H27F6N3O5/c1-18(2,3)34-17(32)28-9-5-7-13(29-15(31)12-6-4-8-27-10-12)14(30)11-33-16(19(21,22)23)20(24,25)26/h4,6,8,10,13-14,16,30H,5,7,9,11H2,1-3H3,(H,28,32)(H,29,31)/t13-,14?/m0/s1. The number of hydrogen-bond acceptors (Lipinski definition) is 6. The SMILES string of the molecule is CC(C)(C)OC(=O)NCCC[C@H](NC(=O)c1cccnc1)C(O)COC(C(F)(F)F)C(F)(F)F. The Morgan fingerprint density at radius 3 is 2.24 bits per heavy atom. The van der Waals surface area contributed by atoms with Crippen LogP contribution in [0.5, 0.6) is 0 Å². The lowest BCUT2D eigenvalue weighted by Crippen LogP contribution is -2.49. The molecular weight excluding hydrogens is 476 g/mol. The highest BCUT2D eigenvalue weighted by molar-refractivity contribution is 5.94. The zero-order chi connectivity index (χ0) is 26.2. The third kappa shape index (κ3) is 11.0. The molecule has 0 fully saturated rings. The summed E-state index contributed by atoms with van der Waals surface area (Å²) in [6.45, 7) is 3.56. The van der Waals surface area contributed by atoms with Gasteiger partial charge in [-0.2, -0.15) is 26.3 Å². The number of carbonyl (C=O) groups excluding carboxylic acids is 2. The van der Waals surface area contributed by atoms with Crippen LogP contribution in [0.15, 0.2) is 24.5 Å². The fourth-order valence-corrected chi connectivity index (χ4v) is 2.62. The lowest BCUT2D eigenvalue weighted by atomic mass is 10.0. The van der Waals surface area contributed by atoms with Gasteiger partial charge in [0.2, 0.25) is 6.10 Å². The van der Waals surface area contributed by atoms with E-state index in [4.69, 9.17) is 4.74 Å². The van der Waals surface area contributed by atoms with Crippen molar-refractivity contribution in [3.63, 3.8) is 0 Å². The van der Waals surface area contributed by atoms with Crippen LogP contribution in [-0.4, -0.2) is 71.4 Å². The Morgan fingerprint density at radius 2 is 1.74 bits per heavy atom. The number of carbonyl (C=O) groups is 2. The van der Waals surface area contributed by atoms with Crippen LogP contribution in [-0.2, 0) is 9.47 Å². The second-order valence-corrected chi connectivity index (χ2v) is 8.26. The van der Waals surface area contributed by atoms with Crippen molar-refractivity contribution in [2.75, 3.05) is 13.2 Å². The molecule has 194 valence electrons. The number of nitrogens with one attached hydrogen (secondary N) is 2. The van der Waals surface area contributed by atoms with Gasteiger partial charge in [-0.25, -0.2) is 4.79 Å². The van der Waals surface area contributed by atoms with Crippen molar-refractivity contribution < 1.29 is 50.5 Å². The second-order valence-electron chi connectivity index (χ2n) is 8.26. The molecule has 2 amide bonds. The van der Waals surface area contributed by atoms with Crippen LogP contribution < -0.4 is 10.6 Å². The quantitative estimate of drug-likeness (QED) is 0.334. The normalized spacial score (nSPS) is 14.4. The van der Waals surface area contributed by atoms with Gasteiger partial charge in [0.25, 0.3) is 5.91 Å². The van der Waals surface area contributed by atoms with E-state index < -0.39 is 54.8 Å². The van der Waals surface area contributed by atoms with Crippen molar-refractivity contribution in [1.29, 1.82) is 0 Å². The molecule has 14 heteroatoms. The average Bonchev–Trinajstić information content (AvgIpc) is 2.67. The van der Waals surface area contributed by atoms with Gasteiger partial charge in [-0.3, -0.25) is 9.78 Å². The number of alkyl halides is 6. The van der Waals surface area contributed by atoms with Gasteiger partial charge in [-0.05, 0) is 45.7 Å². The first-order valence-corrected chi connectivity index (χ1v) is 10.1. The summed E-state index contributed by atoms with van der Waals surface area (Å²) in [5, 5.41) is 15.0. The number of alkyl carbamates (subject to hydrolysis) is 1. The van der Waals surface area contributed by atoms with Gasteiger partial charge in [-0.15, -0.1) is 0 Å². The van der Waals surface area contributed by atoms with Crippen LogP contribution in [0.1, 0.15) is 44.0 Å².